The van der Waals surface area contributed by atoms with E-state index in [1.54, 1.807) is 12.1 Å². The van der Waals surface area contributed by atoms with E-state index in [2.05, 4.69) is 5.32 Å². The lowest BCUT2D eigenvalue weighted by molar-refractivity contribution is -0.124. The van der Waals surface area contributed by atoms with E-state index >= 15 is 0 Å². The van der Waals surface area contributed by atoms with Gasteiger partial charge in [0.1, 0.15) is 6.10 Å². The van der Waals surface area contributed by atoms with Crippen LogP contribution < -0.4 is 11.1 Å². The fraction of sp³-hybridized carbons (Fsp3) is 0.615. The average molecular weight is 355 g/mol. The number of hydrogen-bond donors (Lipinski definition) is 3. The Morgan fingerprint density at radius 1 is 1.52 bits per heavy atom. The molecule has 2 unspecified atom stereocenters. The molecule has 1 saturated heterocycles. The van der Waals surface area contributed by atoms with Crippen molar-refractivity contribution in [2.75, 3.05) is 19.8 Å². The van der Waals surface area contributed by atoms with Gasteiger partial charge in [-0.15, -0.1) is 23.7 Å². The Morgan fingerprint density at radius 2 is 2.19 bits per heavy atom. The van der Waals surface area contributed by atoms with Gasteiger partial charge >= 0.3 is 0 Å². The standard InChI is InChI=1S/C13H19ClN2O3S.ClH/c14-11-2-1-10(20-11)9(17)7-16-13(18)12(15)8-3-5-19-6-4-8;/h1-2,8-9,12,17H,3-7,15H2,(H,16,18);1H. The summed E-state index contributed by atoms with van der Waals surface area (Å²) in [5, 5.41) is 12.6. The van der Waals surface area contributed by atoms with E-state index in [1.165, 1.54) is 11.3 Å². The smallest absolute Gasteiger partial charge is 0.237 e. The third-order valence-electron chi connectivity index (χ3n) is 3.47. The summed E-state index contributed by atoms with van der Waals surface area (Å²) in [5.41, 5.74) is 5.95. The zero-order valence-electron chi connectivity index (χ0n) is 11.5. The molecule has 0 bridgehead atoms. The number of aliphatic hydroxyl groups excluding tert-OH is 1. The molecule has 1 aromatic heterocycles. The maximum absolute atomic E-state index is 12.0. The second kappa shape index (κ2) is 8.92. The fourth-order valence-corrected chi connectivity index (χ4v) is 3.26. The Kier molecular flexibility index (Phi) is 7.94. The minimum atomic E-state index is -0.752. The summed E-state index contributed by atoms with van der Waals surface area (Å²) in [6, 6.07) is 2.93. The molecule has 1 aliphatic heterocycles. The molecule has 5 nitrogen and oxygen atoms in total. The van der Waals surface area contributed by atoms with Gasteiger partial charge < -0.3 is 20.9 Å². The summed E-state index contributed by atoms with van der Waals surface area (Å²) in [7, 11) is 0. The summed E-state index contributed by atoms with van der Waals surface area (Å²) in [4.78, 5) is 12.7. The van der Waals surface area contributed by atoms with Gasteiger partial charge in [-0.05, 0) is 30.9 Å². The minimum Gasteiger partial charge on any atom is -0.386 e. The Labute approximate surface area is 139 Å². The van der Waals surface area contributed by atoms with Crippen LogP contribution in [0.2, 0.25) is 4.34 Å². The minimum absolute atomic E-state index is 0. The van der Waals surface area contributed by atoms with Gasteiger partial charge in [-0.2, -0.15) is 0 Å². The predicted octanol–water partition coefficient (Wildman–Crippen LogP) is 1.73. The zero-order chi connectivity index (χ0) is 14.5. The van der Waals surface area contributed by atoms with Crippen LogP contribution in [0.3, 0.4) is 0 Å². The van der Waals surface area contributed by atoms with Gasteiger partial charge in [-0.1, -0.05) is 11.6 Å². The van der Waals surface area contributed by atoms with Crippen molar-refractivity contribution in [2.45, 2.75) is 25.0 Å². The molecule has 1 aliphatic rings. The molecule has 1 amide bonds. The molecular formula is C13H20Cl2N2O3S. The number of halogens is 2. The maximum atomic E-state index is 12.0. The third kappa shape index (κ3) is 5.39. The number of carbonyl (C=O) groups is 1. The quantitative estimate of drug-likeness (QED) is 0.751. The molecule has 21 heavy (non-hydrogen) atoms. The van der Waals surface area contributed by atoms with Gasteiger partial charge in [0, 0.05) is 24.6 Å². The Hall–Kier alpha value is -0.370. The normalized spacial score (nSPS) is 18.6. The molecule has 4 N–H and O–H groups in total. The second-order valence-corrected chi connectivity index (χ2v) is 6.63. The van der Waals surface area contributed by atoms with Gasteiger partial charge in [-0.3, -0.25) is 4.79 Å². The maximum Gasteiger partial charge on any atom is 0.237 e. The summed E-state index contributed by atoms with van der Waals surface area (Å²) < 4.78 is 5.86. The van der Waals surface area contributed by atoms with Crippen molar-refractivity contribution < 1.29 is 14.6 Å². The number of thiophene rings is 1. The first kappa shape index (κ1) is 18.7. The van der Waals surface area contributed by atoms with Crippen molar-refractivity contribution in [3.8, 4) is 0 Å². The first-order chi connectivity index (χ1) is 9.58. The molecule has 2 rings (SSSR count). The molecule has 0 saturated carbocycles. The van der Waals surface area contributed by atoms with Crippen LogP contribution in [0.5, 0.6) is 0 Å². The lowest BCUT2D eigenvalue weighted by Crippen LogP contribution is -2.47. The number of aliphatic hydroxyl groups is 1. The molecule has 2 heterocycles. The number of rotatable bonds is 5. The monoisotopic (exact) mass is 354 g/mol. The summed E-state index contributed by atoms with van der Waals surface area (Å²) in [6.07, 6.45) is 0.855. The number of ether oxygens (including phenoxy) is 1. The van der Waals surface area contributed by atoms with Crippen LogP contribution in [0.4, 0.5) is 0 Å². The van der Waals surface area contributed by atoms with Crippen molar-refractivity contribution >= 4 is 41.3 Å². The number of nitrogens with two attached hydrogens (primary N) is 1. The SMILES string of the molecule is Cl.NC(C(=O)NCC(O)c1ccc(Cl)s1)C1CCOCC1. The van der Waals surface area contributed by atoms with Crippen LogP contribution in [-0.2, 0) is 9.53 Å². The zero-order valence-corrected chi connectivity index (χ0v) is 13.8. The van der Waals surface area contributed by atoms with E-state index in [4.69, 9.17) is 22.1 Å². The Morgan fingerprint density at radius 3 is 2.76 bits per heavy atom. The lowest BCUT2D eigenvalue weighted by Gasteiger charge is -2.27. The van der Waals surface area contributed by atoms with Crippen LogP contribution in [0.15, 0.2) is 12.1 Å². The van der Waals surface area contributed by atoms with Crippen molar-refractivity contribution in [2.24, 2.45) is 11.7 Å². The van der Waals surface area contributed by atoms with Gasteiger partial charge in [0.05, 0.1) is 10.4 Å². The van der Waals surface area contributed by atoms with Crippen LogP contribution in [0, 0.1) is 5.92 Å². The van der Waals surface area contributed by atoms with E-state index in [9.17, 15) is 9.90 Å². The van der Waals surface area contributed by atoms with E-state index in [0.717, 1.165) is 17.7 Å². The highest BCUT2D eigenvalue weighted by molar-refractivity contribution is 7.16. The van der Waals surface area contributed by atoms with Crippen LogP contribution in [0.25, 0.3) is 0 Å². The Balaban J connectivity index is 0.00000220. The highest BCUT2D eigenvalue weighted by Gasteiger charge is 2.26. The highest BCUT2D eigenvalue weighted by Crippen LogP contribution is 2.26. The highest BCUT2D eigenvalue weighted by atomic mass is 35.5. The molecule has 0 aliphatic carbocycles. The summed E-state index contributed by atoms with van der Waals surface area (Å²) in [6.45, 7) is 1.45. The lowest BCUT2D eigenvalue weighted by atomic mass is 9.92. The molecule has 120 valence electrons. The molecular weight excluding hydrogens is 335 g/mol. The summed E-state index contributed by atoms with van der Waals surface area (Å²) >= 11 is 7.11. The van der Waals surface area contributed by atoms with Crippen LogP contribution in [-0.4, -0.2) is 36.8 Å². The van der Waals surface area contributed by atoms with Gasteiger partial charge in [-0.25, -0.2) is 0 Å². The van der Waals surface area contributed by atoms with Crippen LogP contribution in [0.1, 0.15) is 23.8 Å². The Bertz CT molecular complexity index is 452. The molecule has 1 aromatic rings. The third-order valence-corrected chi connectivity index (χ3v) is 4.80. The molecule has 0 radical (unpaired) electrons. The van der Waals surface area contributed by atoms with E-state index in [0.29, 0.717) is 17.6 Å². The van der Waals surface area contributed by atoms with Gasteiger partial charge in [0.15, 0.2) is 0 Å². The van der Waals surface area contributed by atoms with Gasteiger partial charge in [0.2, 0.25) is 5.91 Å². The van der Waals surface area contributed by atoms with E-state index in [1.807, 2.05) is 0 Å². The number of amides is 1. The number of hydrogen-bond acceptors (Lipinski definition) is 5. The largest absolute Gasteiger partial charge is 0.386 e. The first-order valence-corrected chi connectivity index (χ1v) is 7.81. The van der Waals surface area contributed by atoms with E-state index in [-0.39, 0.29) is 30.8 Å². The molecule has 0 spiro atoms. The number of carbonyl (C=O) groups excluding carboxylic acids is 1. The van der Waals surface area contributed by atoms with Crippen molar-refractivity contribution in [1.29, 1.82) is 0 Å². The fourth-order valence-electron chi connectivity index (χ4n) is 2.21. The van der Waals surface area contributed by atoms with Crippen molar-refractivity contribution in [1.82, 2.24) is 5.32 Å². The average Bonchev–Trinajstić information content (AvgIpc) is 2.91. The topological polar surface area (TPSA) is 84.6 Å². The molecule has 8 heteroatoms. The van der Waals surface area contributed by atoms with Crippen molar-refractivity contribution in [3.05, 3.63) is 21.3 Å². The molecule has 0 aromatic carbocycles. The summed E-state index contributed by atoms with van der Waals surface area (Å²) in [5.74, 6) is -0.0734. The van der Waals surface area contributed by atoms with Crippen LogP contribution >= 0.6 is 35.3 Å². The molecule has 2 atom stereocenters. The first-order valence-electron chi connectivity index (χ1n) is 6.62. The van der Waals surface area contributed by atoms with Crippen molar-refractivity contribution in [3.63, 3.8) is 0 Å². The number of nitrogens with one attached hydrogen (secondary N) is 1. The van der Waals surface area contributed by atoms with E-state index < -0.39 is 12.1 Å². The second-order valence-electron chi connectivity index (χ2n) is 4.88. The predicted molar refractivity (Wildman–Crippen MR) is 86.1 cm³/mol. The van der Waals surface area contributed by atoms with Gasteiger partial charge in [0.25, 0.3) is 0 Å². The molecule has 1 fully saturated rings.